The summed E-state index contributed by atoms with van der Waals surface area (Å²) in [6.07, 6.45) is 0.656. The predicted molar refractivity (Wildman–Crippen MR) is 98.1 cm³/mol. The molecule has 2 aromatic carbocycles. The standard InChI is InChI=1S/C20H22N2O4/c1-12-5-7-16-14(9-12)15-11-20(2,26-16)22(19(23)21-15)13-6-8-17(24-3)18(10-13)25-4/h5-10,15H,11H2,1-4H3,(H,21,23)/t15-,20+/m0/s1. The van der Waals surface area contributed by atoms with E-state index in [1.54, 1.807) is 31.3 Å². The van der Waals surface area contributed by atoms with Crippen LogP contribution in [0.15, 0.2) is 36.4 Å². The molecule has 0 saturated carbocycles. The summed E-state index contributed by atoms with van der Waals surface area (Å²) in [5, 5.41) is 3.11. The second-order valence-corrected chi connectivity index (χ2v) is 6.90. The summed E-state index contributed by atoms with van der Waals surface area (Å²) in [4.78, 5) is 14.6. The first-order valence-corrected chi connectivity index (χ1v) is 8.57. The number of fused-ring (bicyclic) bond motifs is 4. The van der Waals surface area contributed by atoms with E-state index in [1.807, 2.05) is 32.0 Å². The Labute approximate surface area is 152 Å². The Morgan fingerprint density at radius 1 is 1.15 bits per heavy atom. The number of aryl methyl sites for hydroxylation is 1. The molecule has 2 aliphatic heterocycles. The van der Waals surface area contributed by atoms with Crippen LogP contribution >= 0.6 is 0 Å². The van der Waals surface area contributed by atoms with E-state index in [1.165, 1.54) is 0 Å². The number of methoxy groups -OCH3 is 2. The van der Waals surface area contributed by atoms with E-state index < -0.39 is 5.72 Å². The van der Waals surface area contributed by atoms with Crippen LogP contribution in [0.5, 0.6) is 17.2 Å². The summed E-state index contributed by atoms with van der Waals surface area (Å²) in [6.45, 7) is 3.98. The summed E-state index contributed by atoms with van der Waals surface area (Å²) in [5.74, 6) is 1.98. The summed E-state index contributed by atoms with van der Waals surface area (Å²) >= 11 is 0. The van der Waals surface area contributed by atoms with Gasteiger partial charge in [0.1, 0.15) is 5.75 Å². The molecule has 1 fully saturated rings. The van der Waals surface area contributed by atoms with Crippen molar-refractivity contribution in [2.45, 2.75) is 32.0 Å². The smallest absolute Gasteiger partial charge is 0.325 e. The number of ether oxygens (including phenoxy) is 3. The molecule has 0 aliphatic carbocycles. The molecule has 2 aromatic rings. The summed E-state index contributed by atoms with van der Waals surface area (Å²) in [5.41, 5.74) is 2.08. The Bertz CT molecular complexity index is 882. The Morgan fingerprint density at radius 3 is 2.65 bits per heavy atom. The molecule has 26 heavy (non-hydrogen) atoms. The van der Waals surface area contributed by atoms with Gasteiger partial charge in [-0.05, 0) is 32.0 Å². The van der Waals surface area contributed by atoms with Gasteiger partial charge in [-0.1, -0.05) is 17.7 Å². The van der Waals surface area contributed by atoms with Crippen LogP contribution in [0.4, 0.5) is 10.5 Å². The average molecular weight is 354 g/mol. The molecular formula is C20H22N2O4. The highest BCUT2D eigenvalue weighted by atomic mass is 16.5. The normalized spacial score (nSPS) is 23.6. The van der Waals surface area contributed by atoms with E-state index in [-0.39, 0.29) is 12.1 Å². The third-order valence-electron chi connectivity index (χ3n) is 5.05. The van der Waals surface area contributed by atoms with Crippen LogP contribution in [0, 0.1) is 6.92 Å². The molecule has 2 aliphatic rings. The number of rotatable bonds is 3. The minimum absolute atomic E-state index is 0.0625. The van der Waals surface area contributed by atoms with Crippen molar-refractivity contribution < 1.29 is 19.0 Å². The average Bonchev–Trinajstić information content (AvgIpc) is 2.61. The lowest BCUT2D eigenvalue weighted by Gasteiger charge is -2.50. The topological polar surface area (TPSA) is 60.0 Å². The molecule has 0 spiro atoms. The number of carbonyl (C=O) groups excluding carboxylic acids is 1. The molecule has 2 atom stereocenters. The van der Waals surface area contributed by atoms with Gasteiger partial charge in [-0.15, -0.1) is 0 Å². The van der Waals surface area contributed by atoms with Crippen molar-refractivity contribution in [3.05, 3.63) is 47.5 Å². The number of anilines is 1. The highest BCUT2D eigenvalue weighted by molar-refractivity contribution is 5.95. The SMILES string of the molecule is COc1ccc(N2C(=O)N[C@H]3C[C@@]2(C)Oc2ccc(C)cc23)cc1OC. The highest BCUT2D eigenvalue weighted by Crippen LogP contribution is 2.46. The fourth-order valence-electron chi connectivity index (χ4n) is 3.85. The van der Waals surface area contributed by atoms with Crippen LogP contribution in [0.1, 0.15) is 30.5 Å². The minimum Gasteiger partial charge on any atom is -0.493 e. The van der Waals surface area contributed by atoms with Gasteiger partial charge in [0.15, 0.2) is 17.2 Å². The van der Waals surface area contributed by atoms with Gasteiger partial charge in [-0.25, -0.2) is 4.79 Å². The molecule has 4 rings (SSSR count). The van der Waals surface area contributed by atoms with Crippen LogP contribution in [-0.2, 0) is 0 Å². The number of benzene rings is 2. The molecule has 1 saturated heterocycles. The third kappa shape index (κ3) is 2.44. The van der Waals surface area contributed by atoms with Crippen molar-refractivity contribution in [2.75, 3.05) is 19.1 Å². The van der Waals surface area contributed by atoms with Gasteiger partial charge in [0.05, 0.1) is 25.9 Å². The molecule has 1 N–H and O–H groups in total. The number of nitrogens with one attached hydrogen (secondary N) is 1. The van der Waals surface area contributed by atoms with E-state index in [9.17, 15) is 4.79 Å². The molecule has 0 radical (unpaired) electrons. The van der Waals surface area contributed by atoms with Crippen molar-refractivity contribution in [1.82, 2.24) is 5.32 Å². The second kappa shape index (κ2) is 5.83. The maximum atomic E-state index is 12.9. The van der Waals surface area contributed by atoms with Crippen LogP contribution in [0.3, 0.4) is 0 Å². The van der Waals surface area contributed by atoms with E-state index in [2.05, 4.69) is 11.4 Å². The lowest BCUT2D eigenvalue weighted by molar-refractivity contribution is 0.0378. The molecule has 2 amide bonds. The fourth-order valence-corrected chi connectivity index (χ4v) is 3.85. The van der Waals surface area contributed by atoms with Crippen molar-refractivity contribution in [3.8, 4) is 17.2 Å². The van der Waals surface area contributed by atoms with E-state index in [4.69, 9.17) is 14.2 Å². The van der Waals surface area contributed by atoms with Crippen molar-refractivity contribution in [3.63, 3.8) is 0 Å². The monoisotopic (exact) mass is 354 g/mol. The van der Waals surface area contributed by atoms with Gasteiger partial charge in [0.25, 0.3) is 0 Å². The highest BCUT2D eigenvalue weighted by Gasteiger charge is 2.50. The van der Waals surface area contributed by atoms with Gasteiger partial charge < -0.3 is 19.5 Å². The molecule has 6 heteroatoms. The molecule has 0 aromatic heterocycles. The number of amides is 2. The van der Waals surface area contributed by atoms with E-state index in [0.29, 0.717) is 23.6 Å². The van der Waals surface area contributed by atoms with Gasteiger partial charge in [0, 0.05) is 18.1 Å². The first-order valence-electron chi connectivity index (χ1n) is 8.57. The van der Waals surface area contributed by atoms with Gasteiger partial charge in [-0.2, -0.15) is 0 Å². The van der Waals surface area contributed by atoms with Crippen LogP contribution < -0.4 is 24.4 Å². The Balaban J connectivity index is 1.77. The Hall–Kier alpha value is -2.89. The molecule has 2 heterocycles. The number of urea groups is 1. The number of hydrogen-bond donors (Lipinski definition) is 1. The van der Waals surface area contributed by atoms with Crippen molar-refractivity contribution in [1.29, 1.82) is 0 Å². The predicted octanol–water partition coefficient (Wildman–Crippen LogP) is 3.78. The molecule has 2 bridgehead atoms. The van der Waals surface area contributed by atoms with E-state index in [0.717, 1.165) is 16.9 Å². The van der Waals surface area contributed by atoms with E-state index >= 15 is 0 Å². The zero-order valence-electron chi connectivity index (χ0n) is 15.3. The number of hydrogen-bond acceptors (Lipinski definition) is 4. The summed E-state index contributed by atoms with van der Waals surface area (Å²) in [6, 6.07) is 11.2. The summed E-state index contributed by atoms with van der Waals surface area (Å²) in [7, 11) is 3.16. The summed E-state index contributed by atoms with van der Waals surface area (Å²) < 4.78 is 17.0. The first kappa shape index (κ1) is 16.6. The molecule has 136 valence electrons. The number of nitrogens with zero attached hydrogens (tertiary/aromatic N) is 1. The molecular weight excluding hydrogens is 332 g/mol. The van der Waals surface area contributed by atoms with Gasteiger partial charge in [0.2, 0.25) is 0 Å². The largest absolute Gasteiger partial charge is 0.493 e. The Kier molecular flexibility index (Phi) is 3.72. The van der Waals surface area contributed by atoms with Gasteiger partial charge in [-0.3, -0.25) is 4.90 Å². The number of carbonyl (C=O) groups is 1. The quantitative estimate of drug-likeness (QED) is 0.911. The van der Waals surface area contributed by atoms with Crippen LogP contribution in [0.25, 0.3) is 0 Å². The van der Waals surface area contributed by atoms with Crippen LogP contribution in [0.2, 0.25) is 0 Å². The second-order valence-electron chi connectivity index (χ2n) is 6.90. The first-order chi connectivity index (χ1) is 12.4. The maximum absolute atomic E-state index is 12.9. The maximum Gasteiger partial charge on any atom is 0.325 e. The third-order valence-corrected chi connectivity index (χ3v) is 5.05. The zero-order chi connectivity index (χ0) is 18.5. The molecule has 0 unspecified atom stereocenters. The molecule has 6 nitrogen and oxygen atoms in total. The van der Waals surface area contributed by atoms with Crippen molar-refractivity contribution >= 4 is 11.7 Å². The van der Waals surface area contributed by atoms with Crippen LogP contribution in [-0.4, -0.2) is 26.0 Å². The lowest BCUT2D eigenvalue weighted by Crippen LogP contribution is -2.65. The Morgan fingerprint density at radius 2 is 1.92 bits per heavy atom. The van der Waals surface area contributed by atoms with Crippen molar-refractivity contribution in [2.24, 2.45) is 0 Å². The minimum atomic E-state index is -0.783. The fraction of sp³-hybridized carbons (Fsp3) is 0.350. The zero-order valence-corrected chi connectivity index (χ0v) is 15.3. The lowest BCUT2D eigenvalue weighted by atomic mass is 9.89. The van der Waals surface area contributed by atoms with Gasteiger partial charge >= 0.3 is 6.03 Å².